The van der Waals surface area contributed by atoms with E-state index >= 15 is 0 Å². The molecule has 0 N–H and O–H groups in total. The Kier molecular flexibility index (Phi) is 3.02. The number of halogens is 2. The van der Waals surface area contributed by atoms with Crippen LogP contribution >= 0.6 is 24.3 Å². The fourth-order valence-corrected chi connectivity index (χ4v) is 1.41. The summed E-state index contributed by atoms with van der Waals surface area (Å²) in [4.78, 5) is -0.148. The predicted octanol–water partition coefficient (Wildman–Crippen LogP) is 3.78. The van der Waals surface area contributed by atoms with Gasteiger partial charge in [-0.1, -0.05) is 6.07 Å². The molecule has 0 amide bonds. The maximum absolute atomic E-state index is 12.0. The van der Waals surface area contributed by atoms with Crippen LogP contribution in [0.3, 0.4) is 0 Å². The second-order valence-electron chi connectivity index (χ2n) is 1.74. The van der Waals surface area contributed by atoms with E-state index in [1.807, 2.05) is 0 Å². The third kappa shape index (κ3) is 1.78. The van der Waals surface area contributed by atoms with Crippen LogP contribution in [0.1, 0.15) is 0 Å². The van der Waals surface area contributed by atoms with Crippen LogP contribution in [0.4, 0.5) is 7.77 Å². The molecule has 59 valence electrons. The Bertz CT molecular complexity index is 254. The molecule has 0 fully saturated rings. The van der Waals surface area contributed by atoms with E-state index in [1.54, 1.807) is 0 Å². The summed E-state index contributed by atoms with van der Waals surface area (Å²) in [6.07, 6.45) is 0. The molecule has 0 aromatic heterocycles. The molecule has 0 unspecified atom stereocenters. The van der Waals surface area contributed by atoms with E-state index in [0.29, 0.717) is 0 Å². The van der Waals surface area contributed by atoms with E-state index in [1.165, 1.54) is 18.2 Å². The third-order valence-electron chi connectivity index (χ3n) is 1.10. The monoisotopic (exact) mass is 193 g/mol. The first kappa shape index (κ1) is 8.67. The van der Waals surface area contributed by atoms with Crippen molar-refractivity contribution in [2.24, 2.45) is 0 Å². The van der Waals surface area contributed by atoms with Crippen LogP contribution in [-0.4, -0.2) is 0 Å². The van der Waals surface area contributed by atoms with Gasteiger partial charge in [-0.3, -0.25) is 5.11 Å². The average Bonchev–Trinajstić information content (AvgIpc) is 2.04. The molecule has 1 aromatic carbocycles. The number of rotatable bonds is 2. The second kappa shape index (κ2) is 3.82. The van der Waals surface area contributed by atoms with Crippen molar-refractivity contribution in [2.45, 2.75) is 9.79 Å². The lowest BCUT2D eigenvalue weighted by molar-refractivity contribution is 0.342. The number of benzene rings is 1. The molecule has 11 heavy (non-hydrogen) atoms. The van der Waals surface area contributed by atoms with E-state index in [9.17, 15) is 12.9 Å². The van der Waals surface area contributed by atoms with Crippen LogP contribution in [0, 0.1) is 0 Å². The maximum Gasteiger partial charge on any atom is 0.196 e. The Morgan fingerprint density at radius 2 is 1.91 bits per heavy atom. The second-order valence-corrected chi connectivity index (χ2v) is 2.89. The van der Waals surface area contributed by atoms with Crippen molar-refractivity contribution < 1.29 is 12.9 Å². The lowest BCUT2D eigenvalue weighted by atomic mass is 10.3. The maximum atomic E-state index is 12.0. The standard InChI is InChI=1S/C6H3F2OS2/c7-10-5-3-1-2-4(9)6(5)11-8/h1-3H. The van der Waals surface area contributed by atoms with Crippen LogP contribution in [0.5, 0.6) is 5.75 Å². The SMILES string of the molecule is [O]c1cccc(SF)c1SF. The highest BCUT2D eigenvalue weighted by molar-refractivity contribution is 7.97. The normalized spacial score (nSPS) is 10.0. The van der Waals surface area contributed by atoms with Gasteiger partial charge in [-0.05, 0) is 12.1 Å². The van der Waals surface area contributed by atoms with Crippen molar-refractivity contribution >= 4 is 24.3 Å². The van der Waals surface area contributed by atoms with Crippen LogP contribution < -0.4 is 0 Å². The van der Waals surface area contributed by atoms with Gasteiger partial charge in [-0.2, -0.15) is 7.77 Å². The molecule has 1 radical (unpaired) electrons. The van der Waals surface area contributed by atoms with Gasteiger partial charge in [-0.15, -0.1) is 0 Å². The Morgan fingerprint density at radius 1 is 1.18 bits per heavy atom. The summed E-state index contributed by atoms with van der Waals surface area (Å²) in [6, 6.07) is 3.94. The van der Waals surface area contributed by atoms with Gasteiger partial charge >= 0.3 is 0 Å². The molecule has 0 atom stereocenters. The Labute approximate surface area is 71.4 Å². The van der Waals surface area contributed by atoms with E-state index in [4.69, 9.17) is 0 Å². The van der Waals surface area contributed by atoms with E-state index in [2.05, 4.69) is 0 Å². The summed E-state index contributed by atoms with van der Waals surface area (Å²) in [6.45, 7) is 0. The summed E-state index contributed by atoms with van der Waals surface area (Å²) < 4.78 is 23.9. The summed E-state index contributed by atoms with van der Waals surface area (Å²) in [5.74, 6) is -0.486. The largest absolute Gasteiger partial charge is 0.289 e. The Morgan fingerprint density at radius 3 is 2.36 bits per heavy atom. The molecule has 0 saturated carbocycles. The molecule has 0 aliphatic carbocycles. The summed E-state index contributed by atoms with van der Waals surface area (Å²) in [5.41, 5.74) is 0. The predicted molar refractivity (Wildman–Crippen MR) is 40.5 cm³/mol. The molecular weight excluding hydrogens is 190 g/mol. The van der Waals surface area contributed by atoms with E-state index < -0.39 is 5.75 Å². The van der Waals surface area contributed by atoms with Crippen LogP contribution in [-0.2, 0) is 5.11 Å². The van der Waals surface area contributed by atoms with E-state index in [-0.39, 0.29) is 34.1 Å². The van der Waals surface area contributed by atoms with Crippen LogP contribution in [0.25, 0.3) is 0 Å². The molecule has 1 aromatic rings. The van der Waals surface area contributed by atoms with Crippen molar-refractivity contribution in [3.63, 3.8) is 0 Å². The number of hydrogen-bond acceptors (Lipinski definition) is 2. The van der Waals surface area contributed by atoms with Gasteiger partial charge in [0.1, 0.15) is 4.90 Å². The molecule has 0 aliphatic heterocycles. The minimum atomic E-state index is -0.486. The summed E-state index contributed by atoms with van der Waals surface area (Å²) >= 11 is -0.353. The molecule has 0 bridgehead atoms. The highest BCUT2D eigenvalue weighted by atomic mass is 32.2. The first-order chi connectivity index (χ1) is 5.29. The van der Waals surface area contributed by atoms with Crippen molar-refractivity contribution in [1.82, 2.24) is 0 Å². The molecule has 1 rings (SSSR count). The van der Waals surface area contributed by atoms with Gasteiger partial charge in [0, 0.05) is 0 Å². The molecule has 0 spiro atoms. The molecule has 1 nitrogen and oxygen atoms in total. The van der Waals surface area contributed by atoms with Gasteiger partial charge in [0.05, 0.1) is 29.2 Å². The van der Waals surface area contributed by atoms with Crippen molar-refractivity contribution in [2.75, 3.05) is 0 Å². The summed E-state index contributed by atoms with van der Waals surface area (Å²) in [5, 5.41) is 10.8. The molecule has 0 saturated heterocycles. The smallest absolute Gasteiger partial charge is 0.196 e. The zero-order valence-electron chi connectivity index (χ0n) is 5.21. The molecule has 0 aliphatic rings. The first-order valence-corrected chi connectivity index (χ1v) is 4.10. The highest BCUT2D eigenvalue weighted by Crippen LogP contribution is 2.38. The highest BCUT2D eigenvalue weighted by Gasteiger charge is 2.10. The third-order valence-corrected chi connectivity index (χ3v) is 2.31. The van der Waals surface area contributed by atoms with Gasteiger partial charge in [-0.25, -0.2) is 0 Å². The van der Waals surface area contributed by atoms with Crippen molar-refractivity contribution in [3.05, 3.63) is 18.2 Å². The Balaban J connectivity index is 3.13. The topological polar surface area (TPSA) is 19.9 Å². The fourth-order valence-electron chi connectivity index (χ4n) is 0.632. The summed E-state index contributed by atoms with van der Waals surface area (Å²) in [7, 11) is 0. The van der Waals surface area contributed by atoms with Crippen molar-refractivity contribution in [1.29, 1.82) is 0 Å². The van der Waals surface area contributed by atoms with E-state index in [0.717, 1.165) is 0 Å². The quantitative estimate of drug-likeness (QED) is 0.712. The van der Waals surface area contributed by atoms with Gasteiger partial charge in [0.25, 0.3) is 0 Å². The average molecular weight is 193 g/mol. The van der Waals surface area contributed by atoms with Gasteiger partial charge < -0.3 is 0 Å². The van der Waals surface area contributed by atoms with Crippen molar-refractivity contribution in [3.8, 4) is 5.75 Å². The lowest BCUT2D eigenvalue weighted by Crippen LogP contribution is -1.73. The minimum absolute atomic E-state index is 0.0324. The fraction of sp³-hybridized carbons (Fsp3) is 0. The molecular formula is C6H3F2OS2. The van der Waals surface area contributed by atoms with Gasteiger partial charge in [0.15, 0.2) is 5.75 Å². The van der Waals surface area contributed by atoms with Gasteiger partial charge in [0.2, 0.25) is 0 Å². The first-order valence-electron chi connectivity index (χ1n) is 2.66. The van der Waals surface area contributed by atoms with Crippen LogP contribution in [0.15, 0.2) is 28.0 Å². The zero-order chi connectivity index (χ0) is 8.27. The zero-order valence-corrected chi connectivity index (χ0v) is 6.85. The van der Waals surface area contributed by atoms with Crippen LogP contribution in [0.2, 0.25) is 0 Å². The molecule has 5 heteroatoms. The molecule has 0 heterocycles. The minimum Gasteiger partial charge on any atom is -0.289 e. The lowest BCUT2D eigenvalue weighted by Gasteiger charge is -1.98. The Hall–Kier alpha value is -0.420. The number of hydrogen-bond donors (Lipinski definition) is 0.